The number of para-hydroxylation sites is 1. The molecular formula is C57H55N5O7. The Labute approximate surface area is 401 Å². The minimum atomic E-state index is -1.29. The number of carbonyl (C=O) groups excluding carboxylic acids is 1. The summed E-state index contributed by atoms with van der Waals surface area (Å²) in [5.74, 6) is 1.33. The third kappa shape index (κ3) is 7.93. The predicted octanol–water partition coefficient (Wildman–Crippen LogP) is 10.1. The zero-order valence-corrected chi connectivity index (χ0v) is 39.0. The van der Waals surface area contributed by atoms with Gasteiger partial charge in [-0.25, -0.2) is 9.78 Å². The summed E-state index contributed by atoms with van der Waals surface area (Å²) >= 11 is 0. The molecule has 69 heavy (non-hydrogen) atoms. The van der Waals surface area contributed by atoms with Gasteiger partial charge < -0.3 is 43.7 Å². The van der Waals surface area contributed by atoms with Gasteiger partial charge in [0.2, 0.25) is 5.89 Å². The lowest BCUT2D eigenvalue weighted by Gasteiger charge is -2.39. The number of aliphatic hydroxyl groups is 1. The lowest BCUT2D eigenvalue weighted by molar-refractivity contribution is -0.0491. The Morgan fingerprint density at radius 3 is 2.23 bits per heavy atom. The number of oxazole rings is 1. The first-order valence-electron chi connectivity index (χ1n) is 23.5. The standard InChI is InChI=1S/C57H55N5O7/c1-56(2)62(55(64)67-33-39-19-11-6-12-20-39)41(34-68-56)27-40-25-26-48(66-32-38-17-9-5-10-18-38)46(28-40)57-35-60(30-37-15-7-4-8-16-37)52-43(22-13-23-45(52)57)42-21-14-24-47-50(42)44(31-61(47)36-65-3)49-29-59-54(69-49)51(58)53(57)63/h4-26,28-29,31,41,51,53,63H,27,30,32-36,58H2,1-3H3/t41-,51?,53?,57+/m0/s1. The molecule has 0 aliphatic carbocycles. The molecule has 2 unspecified atom stereocenters. The zero-order chi connectivity index (χ0) is 47.3. The molecule has 12 nitrogen and oxygen atoms in total. The zero-order valence-electron chi connectivity index (χ0n) is 39.0. The van der Waals surface area contributed by atoms with Crippen molar-refractivity contribution >= 4 is 22.7 Å². The van der Waals surface area contributed by atoms with Crippen LogP contribution in [-0.2, 0) is 52.5 Å². The number of nitrogens with zero attached hydrogens (tertiary/aromatic N) is 4. The van der Waals surface area contributed by atoms with Crippen molar-refractivity contribution in [3.63, 3.8) is 0 Å². The first kappa shape index (κ1) is 44.3. The molecule has 2 aromatic heterocycles. The first-order valence-corrected chi connectivity index (χ1v) is 23.5. The van der Waals surface area contributed by atoms with Crippen LogP contribution >= 0.6 is 0 Å². The summed E-state index contributed by atoms with van der Waals surface area (Å²) in [4.78, 5) is 22.9. The second-order valence-corrected chi connectivity index (χ2v) is 18.8. The van der Waals surface area contributed by atoms with Crippen molar-refractivity contribution in [3.8, 4) is 28.2 Å². The Kier molecular flexibility index (Phi) is 11.6. The van der Waals surface area contributed by atoms with Crippen LogP contribution in [0.1, 0.15) is 59.2 Å². The van der Waals surface area contributed by atoms with Crippen LogP contribution < -0.4 is 15.4 Å². The number of ether oxygens (including phenoxy) is 4. The van der Waals surface area contributed by atoms with E-state index in [1.54, 1.807) is 18.2 Å². The van der Waals surface area contributed by atoms with E-state index in [1.165, 1.54) is 0 Å². The average molecular weight is 922 g/mol. The van der Waals surface area contributed by atoms with E-state index in [1.807, 2.05) is 98.9 Å². The van der Waals surface area contributed by atoms with E-state index in [0.29, 0.717) is 44.4 Å². The summed E-state index contributed by atoms with van der Waals surface area (Å²) < 4.78 is 33.6. The van der Waals surface area contributed by atoms with Crippen LogP contribution in [0.3, 0.4) is 0 Å². The largest absolute Gasteiger partial charge is 0.489 e. The Hall–Kier alpha value is -7.22. The lowest BCUT2D eigenvalue weighted by Crippen LogP contribution is -2.50. The van der Waals surface area contributed by atoms with Crippen LogP contribution in [0.4, 0.5) is 10.5 Å². The number of amides is 1. The molecule has 5 heterocycles. The topological polar surface area (TPSA) is 138 Å². The van der Waals surface area contributed by atoms with Gasteiger partial charge in [-0.15, -0.1) is 0 Å². The highest BCUT2D eigenvalue weighted by molar-refractivity contribution is 6.07. The number of carbonyl (C=O) groups is 1. The van der Waals surface area contributed by atoms with Crippen LogP contribution in [0.2, 0.25) is 0 Å². The minimum Gasteiger partial charge on any atom is -0.489 e. The molecule has 12 heteroatoms. The summed E-state index contributed by atoms with van der Waals surface area (Å²) in [6.45, 7) is 5.70. The van der Waals surface area contributed by atoms with Crippen molar-refractivity contribution in [1.82, 2.24) is 14.5 Å². The molecule has 350 valence electrons. The molecule has 3 aliphatic heterocycles. The molecule has 8 aromatic rings. The molecule has 11 rings (SSSR count). The second kappa shape index (κ2) is 18.0. The highest BCUT2D eigenvalue weighted by atomic mass is 16.6. The van der Waals surface area contributed by atoms with E-state index >= 15 is 0 Å². The van der Waals surface area contributed by atoms with Gasteiger partial charge in [-0.3, -0.25) is 4.90 Å². The lowest BCUT2D eigenvalue weighted by atomic mass is 9.68. The molecule has 1 amide bonds. The third-order valence-corrected chi connectivity index (χ3v) is 14.1. The molecule has 0 radical (unpaired) electrons. The fourth-order valence-corrected chi connectivity index (χ4v) is 10.9. The van der Waals surface area contributed by atoms with E-state index in [2.05, 4.69) is 76.2 Å². The molecule has 6 aromatic carbocycles. The molecule has 4 atom stereocenters. The summed E-state index contributed by atoms with van der Waals surface area (Å²) in [5, 5.41) is 14.5. The van der Waals surface area contributed by atoms with Crippen molar-refractivity contribution in [2.24, 2.45) is 5.73 Å². The van der Waals surface area contributed by atoms with Crippen molar-refractivity contribution < 1.29 is 33.3 Å². The Balaban J connectivity index is 1.11. The summed E-state index contributed by atoms with van der Waals surface area (Å²) in [5.41, 5.74) is 15.5. The maximum Gasteiger partial charge on any atom is 0.412 e. The van der Waals surface area contributed by atoms with Gasteiger partial charge >= 0.3 is 6.09 Å². The first-order chi connectivity index (χ1) is 33.6. The SMILES string of the molecule is COCn1cc2c3c(cccc31)-c1cccc3c1N(Cc1ccccc1)C[C@@]3(c1cc(C[C@H]3COC(C)(C)N3C(=O)OCc3ccccc3)ccc1OCc1ccccc1)C(O)C(N)c1ncc-2o1. The predicted molar refractivity (Wildman–Crippen MR) is 264 cm³/mol. The van der Waals surface area contributed by atoms with E-state index in [-0.39, 0.29) is 25.1 Å². The monoisotopic (exact) mass is 921 g/mol. The molecule has 0 saturated carbocycles. The van der Waals surface area contributed by atoms with Crippen LogP contribution in [0.25, 0.3) is 33.4 Å². The number of methoxy groups -OCH3 is 1. The number of aliphatic hydroxyl groups excluding tert-OH is 1. The van der Waals surface area contributed by atoms with Gasteiger partial charge in [0, 0.05) is 54.2 Å². The molecule has 1 saturated heterocycles. The number of benzene rings is 6. The fraction of sp³-hybridized carbons (Fsp3) is 0.263. The normalized spacial score (nSPS) is 20.2. The number of anilines is 1. The Morgan fingerprint density at radius 2 is 1.49 bits per heavy atom. The second-order valence-electron chi connectivity index (χ2n) is 18.8. The van der Waals surface area contributed by atoms with Gasteiger partial charge in [0.15, 0.2) is 5.76 Å². The number of rotatable bonds is 12. The molecule has 0 spiro atoms. The molecule has 1 fully saturated rings. The van der Waals surface area contributed by atoms with Gasteiger partial charge in [0.25, 0.3) is 0 Å². The van der Waals surface area contributed by atoms with Gasteiger partial charge in [0.1, 0.15) is 37.5 Å². The molecule has 3 N–H and O–H groups in total. The van der Waals surface area contributed by atoms with Crippen LogP contribution in [-0.4, -0.2) is 63.8 Å². The minimum absolute atomic E-state index is 0.138. The fourth-order valence-electron chi connectivity index (χ4n) is 10.9. The summed E-state index contributed by atoms with van der Waals surface area (Å²) in [7, 11) is 1.68. The van der Waals surface area contributed by atoms with E-state index in [0.717, 1.165) is 66.7 Å². The van der Waals surface area contributed by atoms with E-state index in [4.69, 9.17) is 34.1 Å². The van der Waals surface area contributed by atoms with Crippen molar-refractivity contribution in [1.29, 1.82) is 0 Å². The van der Waals surface area contributed by atoms with Gasteiger partial charge in [-0.2, -0.15) is 0 Å². The van der Waals surface area contributed by atoms with Crippen LogP contribution in [0, 0.1) is 0 Å². The number of nitrogens with two attached hydrogens (primary N) is 1. The maximum absolute atomic E-state index is 14.0. The third-order valence-electron chi connectivity index (χ3n) is 14.1. The highest BCUT2D eigenvalue weighted by Crippen LogP contribution is 2.56. The quantitative estimate of drug-likeness (QED) is 0.122. The summed E-state index contributed by atoms with van der Waals surface area (Å²) in [6, 6.07) is 47.5. The van der Waals surface area contributed by atoms with E-state index in [9.17, 15) is 9.90 Å². The summed E-state index contributed by atoms with van der Waals surface area (Å²) in [6.07, 6.45) is 2.42. The average Bonchev–Trinajstić information content (AvgIpc) is 4.16. The van der Waals surface area contributed by atoms with Gasteiger partial charge in [0.05, 0.1) is 35.9 Å². The van der Waals surface area contributed by atoms with Gasteiger partial charge in [-0.05, 0) is 65.8 Å². The highest BCUT2D eigenvalue weighted by Gasteiger charge is 2.55. The van der Waals surface area contributed by atoms with Crippen molar-refractivity contribution in [2.75, 3.05) is 25.2 Å². The van der Waals surface area contributed by atoms with E-state index < -0.39 is 29.4 Å². The maximum atomic E-state index is 14.0. The number of aromatic nitrogens is 2. The van der Waals surface area contributed by atoms with Gasteiger partial charge in [-0.1, -0.05) is 133 Å². The number of fused-ring (bicyclic) bond motifs is 4. The number of hydrogen-bond donors (Lipinski definition) is 2. The molecular weight excluding hydrogens is 867 g/mol. The number of hydrogen-bond acceptors (Lipinski definition) is 10. The Morgan fingerprint density at radius 1 is 0.797 bits per heavy atom. The van der Waals surface area contributed by atoms with Crippen LogP contribution in [0.5, 0.6) is 5.75 Å². The van der Waals surface area contributed by atoms with Crippen molar-refractivity contribution in [3.05, 3.63) is 197 Å². The molecule has 3 aliphatic rings. The molecule has 6 bridgehead atoms. The smallest absolute Gasteiger partial charge is 0.412 e. The van der Waals surface area contributed by atoms with Crippen molar-refractivity contribution in [2.45, 2.75) is 76.1 Å². The van der Waals surface area contributed by atoms with Crippen LogP contribution in [0.15, 0.2) is 162 Å². The Bertz CT molecular complexity index is 3140.